The average molecular weight is 355 g/mol. The fraction of sp³-hybridized carbons (Fsp3) is 0.118. The lowest BCUT2D eigenvalue weighted by atomic mass is 9.97. The van der Waals surface area contributed by atoms with Gasteiger partial charge in [-0.1, -0.05) is 23.7 Å². The molecule has 8 heteroatoms. The van der Waals surface area contributed by atoms with E-state index in [1.54, 1.807) is 23.7 Å². The van der Waals surface area contributed by atoms with Crippen LogP contribution in [0.1, 0.15) is 22.1 Å². The molecule has 7 nitrogen and oxygen atoms in total. The van der Waals surface area contributed by atoms with Crippen LogP contribution in [0, 0.1) is 21.4 Å². The van der Waals surface area contributed by atoms with Gasteiger partial charge in [-0.15, -0.1) is 0 Å². The van der Waals surface area contributed by atoms with Crippen molar-refractivity contribution in [2.75, 3.05) is 0 Å². The molecule has 1 aromatic heterocycles. The minimum absolute atomic E-state index is 0.0506. The molecule has 3 rings (SSSR count). The van der Waals surface area contributed by atoms with Crippen LogP contribution in [0.25, 0.3) is 11.0 Å². The highest BCUT2D eigenvalue weighted by atomic mass is 35.5. The maximum atomic E-state index is 12.8. The number of nitrogens with zero attached hydrogens (tertiary/aromatic N) is 4. The van der Waals surface area contributed by atoms with Crippen molar-refractivity contribution in [2.24, 2.45) is 7.05 Å². The van der Waals surface area contributed by atoms with E-state index in [4.69, 9.17) is 11.6 Å². The number of halogens is 1. The van der Waals surface area contributed by atoms with Crippen LogP contribution in [0.15, 0.2) is 42.5 Å². The van der Waals surface area contributed by atoms with Crippen molar-refractivity contribution in [1.29, 1.82) is 5.26 Å². The van der Waals surface area contributed by atoms with Crippen molar-refractivity contribution in [2.45, 2.75) is 5.92 Å². The van der Waals surface area contributed by atoms with Gasteiger partial charge in [0.05, 0.1) is 27.0 Å². The minimum atomic E-state index is -1.23. The van der Waals surface area contributed by atoms with Crippen LogP contribution in [-0.2, 0) is 7.05 Å². The van der Waals surface area contributed by atoms with Crippen LogP contribution in [0.2, 0.25) is 5.02 Å². The molecule has 1 atom stereocenters. The van der Waals surface area contributed by atoms with Crippen LogP contribution in [0.5, 0.6) is 0 Å². The van der Waals surface area contributed by atoms with Crippen LogP contribution in [0.4, 0.5) is 5.69 Å². The van der Waals surface area contributed by atoms with E-state index in [1.807, 2.05) is 18.2 Å². The van der Waals surface area contributed by atoms with Crippen molar-refractivity contribution in [3.05, 3.63) is 69.0 Å². The lowest BCUT2D eigenvalue weighted by molar-refractivity contribution is -0.384. The van der Waals surface area contributed by atoms with Gasteiger partial charge in [0.2, 0.25) is 0 Å². The highest BCUT2D eigenvalue weighted by Crippen LogP contribution is 2.29. The quantitative estimate of drug-likeness (QED) is 0.404. The molecule has 0 saturated heterocycles. The van der Waals surface area contributed by atoms with E-state index in [1.165, 1.54) is 12.1 Å². The summed E-state index contributed by atoms with van der Waals surface area (Å²) in [5.74, 6) is -1.59. The van der Waals surface area contributed by atoms with Crippen molar-refractivity contribution >= 4 is 34.1 Å². The number of para-hydroxylation sites is 2. The summed E-state index contributed by atoms with van der Waals surface area (Å²) in [5, 5.41) is 20.5. The summed E-state index contributed by atoms with van der Waals surface area (Å²) in [4.78, 5) is 27.5. The number of non-ortho nitro benzene ring substituents is 1. The third kappa shape index (κ3) is 2.84. The SMILES string of the molecule is Cn1c([C@@H](C#N)C(=O)c2cc([N+](=O)[O-])ccc2Cl)nc2ccccc21. The lowest BCUT2D eigenvalue weighted by Gasteiger charge is -2.10. The van der Waals surface area contributed by atoms with E-state index in [0.717, 1.165) is 11.6 Å². The molecule has 3 aromatic rings. The van der Waals surface area contributed by atoms with E-state index < -0.39 is 16.6 Å². The van der Waals surface area contributed by atoms with Crippen molar-refractivity contribution in [1.82, 2.24) is 9.55 Å². The Labute approximate surface area is 147 Å². The molecule has 0 aliphatic heterocycles. The minimum Gasteiger partial charge on any atom is -0.330 e. The number of aromatic nitrogens is 2. The zero-order valence-corrected chi connectivity index (χ0v) is 13.8. The molecule has 0 N–H and O–H groups in total. The molecule has 2 aromatic carbocycles. The lowest BCUT2D eigenvalue weighted by Crippen LogP contribution is -2.16. The van der Waals surface area contributed by atoms with Crippen LogP contribution in [-0.4, -0.2) is 20.3 Å². The maximum absolute atomic E-state index is 12.8. The number of nitro benzene ring substituents is 1. The Kier molecular flexibility index (Phi) is 4.21. The number of benzene rings is 2. The fourth-order valence-electron chi connectivity index (χ4n) is 2.63. The third-order valence-electron chi connectivity index (χ3n) is 3.90. The van der Waals surface area contributed by atoms with Gasteiger partial charge >= 0.3 is 0 Å². The molecule has 0 aliphatic carbocycles. The van der Waals surface area contributed by atoms with Crippen LogP contribution >= 0.6 is 11.6 Å². The molecular formula is C17H11ClN4O3. The monoisotopic (exact) mass is 354 g/mol. The molecule has 124 valence electrons. The van der Waals surface area contributed by atoms with Gasteiger partial charge < -0.3 is 4.57 Å². The zero-order valence-electron chi connectivity index (χ0n) is 13.0. The van der Waals surface area contributed by atoms with Crippen molar-refractivity contribution in [3.8, 4) is 6.07 Å². The number of imidazole rings is 1. The van der Waals surface area contributed by atoms with E-state index in [9.17, 15) is 20.2 Å². The molecule has 25 heavy (non-hydrogen) atoms. The number of nitro groups is 1. The Bertz CT molecular complexity index is 1050. The second-order valence-corrected chi connectivity index (χ2v) is 5.77. The normalized spacial score (nSPS) is 11.9. The third-order valence-corrected chi connectivity index (χ3v) is 4.23. The predicted octanol–water partition coefficient (Wildman–Crippen LogP) is 3.62. The van der Waals surface area contributed by atoms with Crippen molar-refractivity contribution < 1.29 is 9.72 Å². The summed E-state index contributed by atoms with van der Waals surface area (Å²) in [5.41, 5.74) is 1.08. The summed E-state index contributed by atoms with van der Waals surface area (Å²) in [6.45, 7) is 0. The van der Waals surface area contributed by atoms with Gasteiger partial charge in [0.15, 0.2) is 11.7 Å². The second kappa shape index (κ2) is 6.34. The van der Waals surface area contributed by atoms with Gasteiger partial charge in [-0.2, -0.15) is 5.26 Å². The first kappa shape index (κ1) is 16.6. The summed E-state index contributed by atoms with van der Waals surface area (Å²) in [7, 11) is 1.71. The standard InChI is InChI=1S/C17H11ClN4O3/c1-21-15-5-3-2-4-14(15)20-17(21)12(9-19)16(23)11-8-10(22(24)25)6-7-13(11)18/h2-8,12H,1H3/t12-/m0/s1. The Morgan fingerprint density at radius 3 is 2.72 bits per heavy atom. The summed E-state index contributed by atoms with van der Waals surface area (Å²) < 4.78 is 1.66. The molecule has 0 saturated carbocycles. The number of rotatable bonds is 4. The number of hydrogen-bond donors (Lipinski definition) is 0. The number of nitriles is 1. The molecule has 0 unspecified atom stereocenters. The molecule has 0 spiro atoms. The average Bonchev–Trinajstić information content (AvgIpc) is 2.93. The highest BCUT2D eigenvalue weighted by Gasteiger charge is 2.29. The number of ketones is 1. The Morgan fingerprint density at radius 2 is 2.08 bits per heavy atom. The Morgan fingerprint density at radius 1 is 1.36 bits per heavy atom. The van der Waals surface area contributed by atoms with Gasteiger partial charge in [-0.25, -0.2) is 4.98 Å². The molecular weight excluding hydrogens is 344 g/mol. The van der Waals surface area contributed by atoms with E-state index in [-0.39, 0.29) is 22.1 Å². The molecule has 0 radical (unpaired) electrons. The van der Waals surface area contributed by atoms with E-state index >= 15 is 0 Å². The number of aryl methyl sites for hydroxylation is 1. The number of hydrogen-bond acceptors (Lipinski definition) is 5. The number of fused-ring (bicyclic) bond motifs is 1. The Hall–Kier alpha value is -3.24. The van der Waals surface area contributed by atoms with E-state index in [2.05, 4.69) is 4.98 Å². The Balaban J connectivity index is 2.11. The number of carbonyl (C=O) groups excluding carboxylic acids is 1. The highest BCUT2D eigenvalue weighted by molar-refractivity contribution is 6.34. The van der Waals surface area contributed by atoms with Gasteiger partial charge in [0, 0.05) is 24.7 Å². The van der Waals surface area contributed by atoms with Gasteiger partial charge in [-0.3, -0.25) is 14.9 Å². The van der Waals surface area contributed by atoms with E-state index in [0.29, 0.717) is 5.52 Å². The molecule has 0 bridgehead atoms. The number of Topliss-reactive ketones (excluding diaryl/α,β-unsaturated/α-hetero) is 1. The molecule has 1 heterocycles. The smallest absolute Gasteiger partial charge is 0.270 e. The summed E-state index contributed by atoms with van der Waals surface area (Å²) in [6, 6.07) is 12.7. The molecule has 0 aliphatic rings. The first-order valence-electron chi connectivity index (χ1n) is 7.23. The topological polar surface area (TPSA) is 102 Å². The maximum Gasteiger partial charge on any atom is 0.270 e. The molecule has 0 fully saturated rings. The predicted molar refractivity (Wildman–Crippen MR) is 91.5 cm³/mol. The first-order valence-corrected chi connectivity index (χ1v) is 7.61. The molecule has 0 amide bonds. The van der Waals surface area contributed by atoms with Crippen LogP contribution < -0.4 is 0 Å². The zero-order chi connectivity index (χ0) is 18.1. The fourth-order valence-corrected chi connectivity index (χ4v) is 2.84. The van der Waals surface area contributed by atoms with Crippen LogP contribution in [0.3, 0.4) is 0 Å². The second-order valence-electron chi connectivity index (χ2n) is 5.37. The van der Waals surface area contributed by atoms with Crippen molar-refractivity contribution in [3.63, 3.8) is 0 Å². The van der Waals surface area contributed by atoms with Gasteiger partial charge in [-0.05, 0) is 18.2 Å². The van der Waals surface area contributed by atoms with Gasteiger partial charge in [0.25, 0.3) is 5.69 Å². The van der Waals surface area contributed by atoms with Gasteiger partial charge in [0.1, 0.15) is 5.82 Å². The summed E-state index contributed by atoms with van der Waals surface area (Å²) >= 11 is 6.02. The number of carbonyl (C=O) groups is 1. The first-order chi connectivity index (χ1) is 11.9. The largest absolute Gasteiger partial charge is 0.330 e. The summed E-state index contributed by atoms with van der Waals surface area (Å²) in [6.07, 6.45) is 0.